The van der Waals surface area contributed by atoms with E-state index in [1.54, 1.807) is 0 Å². The summed E-state index contributed by atoms with van der Waals surface area (Å²) in [6, 6.07) is 0. The molecule has 0 amide bonds. The van der Waals surface area contributed by atoms with Crippen molar-refractivity contribution in [1.82, 2.24) is 0 Å². The van der Waals surface area contributed by atoms with Gasteiger partial charge in [-0.05, 0) is 92.7 Å². The van der Waals surface area contributed by atoms with Crippen molar-refractivity contribution in [2.24, 2.45) is 0 Å². The zero-order valence-corrected chi connectivity index (χ0v) is 42.7. The molecule has 31 heteroatoms. The lowest BCUT2D eigenvalue weighted by Gasteiger charge is -2.33. The quantitative estimate of drug-likeness (QED) is 0.127. The molecule has 0 saturated heterocycles. The zero-order valence-electron chi connectivity index (χ0n) is 42.7. The van der Waals surface area contributed by atoms with Crippen LogP contribution >= 0.6 is 0 Å². The molecule has 0 bridgehead atoms. The van der Waals surface area contributed by atoms with Crippen molar-refractivity contribution in [3.63, 3.8) is 0 Å². The number of rotatable bonds is 3. The molecule has 296 valence electrons. The van der Waals surface area contributed by atoms with Crippen LogP contribution in [0.1, 0.15) is 0 Å². The van der Waals surface area contributed by atoms with Gasteiger partial charge in [-0.1, -0.05) is 104 Å². The molecule has 1 aromatic heterocycles. The average Bonchev–Trinajstić information content (AvgIpc) is 4.07. The molecule has 0 N–H and O–H groups in total. The fraction of sp³-hybridized carbons (Fsp3) is 0. The Bertz CT molecular complexity index is 4850. The minimum absolute atomic E-state index is 0.0308. The number of hydrogen-bond acceptors (Lipinski definition) is 1. The van der Waals surface area contributed by atoms with E-state index < -0.39 is 0 Å². The van der Waals surface area contributed by atoms with Crippen LogP contribution in [0.15, 0.2) is 4.42 Å². The number of benzene rings is 10. The lowest BCUT2D eigenvalue weighted by Crippen LogP contribution is -2.53. The second-order valence-electron chi connectivity index (χ2n) is 19.9. The summed E-state index contributed by atoms with van der Waals surface area (Å²) in [5, 5.41) is 0.153. The summed E-state index contributed by atoms with van der Waals surface area (Å²) in [6.07, 6.45) is 0. The van der Waals surface area contributed by atoms with Gasteiger partial charge in [-0.3, -0.25) is 0 Å². The molecule has 0 fully saturated rings. The predicted octanol–water partition coefficient (Wildman–Crippen LogP) is -21.8. The van der Waals surface area contributed by atoms with Crippen LogP contribution < -0.4 is 164 Å². The molecule has 11 aromatic rings. The Morgan fingerprint density at radius 3 is 0.654 bits per heavy atom. The highest BCUT2D eigenvalue weighted by Gasteiger charge is 2.32. The number of hydrogen-bond donors (Lipinski definition) is 0. The molecule has 10 aromatic carbocycles. The highest BCUT2D eigenvalue weighted by Crippen LogP contribution is 2.42. The Morgan fingerprint density at radius 2 is 0.296 bits per heavy atom. The fourth-order valence-electron chi connectivity index (χ4n) is 11.8. The van der Waals surface area contributed by atoms with Gasteiger partial charge in [-0.25, -0.2) is 0 Å². The van der Waals surface area contributed by atoms with Gasteiger partial charge in [0.15, 0.2) is 0 Å². The van der Waals surface area contributed by atoms with E-state index in [-0.39, 0.29) is 273 Å². The molecule has 0 aliphatic carbocycles. The molecule has 0 spiro atoms. The molecule has 0 aliphatic rings. The summed E-state index contributed by atoms with van der Waals surface area (Å²) in [6.45, 7) is 0. The van der Waals surface area contributed by atoms with Crippen molar-refractivity contribution in [1.29, 1.82) is 0 Å². The van der Waals surface area contributed by atoms with E-state index in [0.717, 1.165) is 0 Å². The van der Waals surface area contributed by atoms with E-state index in [1.165, 1.54) is 0 Å². The Morgan fingerprint density at radius 1 is 0.111 bits per heavy atom. The third-order valence-corrected chi connectivity index (χ3v) is 16.0. The topological polar surface area (TPSA) is 13.1 Å². The van der Waals surface area contributed by atoms with Gasteiger partial charge in [0, 0.05) is 10.8 Å². The minimum atomic E-state index is -0.302. The molecule has 1 nitrogen and oxygen atoms in total. The van der Waals surface area contributed by atoms with E-state index in [9.17, 15) is 0 Å². The first kappa shape index (κ1) is 58.0. The first-order valence-electron chi connectivity index (χ1n) is 23.8. The maximum Gasteiger partial charge on any atom is 0.128 e. The lowest BCUT2D eigenvalue weighted by molar-refractivity contribution is 0.675. The van der Waals surface area contributed by atoms with Gasteiger partial charge in [-0.2, -0.15) is 0 Å². The molecule has 60 radical (unpaired) electrons. The molecule has 0 aliphatic heterocycles. The van der Waals surface area contributed by atoms with Gasteiger partial charge in [0.25, 0.3) is 0 Å². The van der Waals surface area contributed by atoms with Gasteiger partial charge in [0.05, 0.1) is 0 Å². The zero-order chi connectivity index (χ0) is 59.6. The maximum absolute atomic E-state index is 7.43. The second-order valence-corrected chi connectivity index (χ2v) is 19.9. The Labute approximate surface area is 509 Å². The molecule has 1 heterocycles. The summed E-state index contributed by atoms with van der Waals surface area (Å²) in [5.41, 5.74) is -5.75. The Kier molecular flexibility index (Phi) is 13.9. The van der Waals surface area contributed by atoms with Crippen LogP contribution in [0.3, 0.4) is 0 Å². The van der Waals surface area contributed by atoms with Gasteiger partial charge >= 0.3 is 0 Å². The average molecular weight is 941 g/mol. The number of fused-ring (bicyclic) bond motifs is 8. The van der Waals surface area contributed by atoms with E-state index in [1.807, 2.05) is 0 Å². The summed E-state index contributed by atoms with van der Waals surface area (Å²) >= 11 is 0. The van der Waals surface area contributed by atoms with Gasteiger partial charge in [-0.15, -0.1) is 54.6 Å². The van der Waals surface area contributed by atoms with Gasteiger partial charge in [0.1, 0.15) is 247 Å². The maximum atomic E-state index is 7.43. The fourth-order valence-corrected chi connectivity index (χ4v) is 11.8. The Hall–Kier alpha value is -4.75. The van der Waals surface area contributed by atoms with Crippen molar-refractivity contribution < 1.29 is 4.42 Å². The normalized spacial score (nSPS) is 12.0. The molecule has 0 saturated carbocycles. The first-order valence-corrected chi connectivity index (χ1v) is 23.8. The standard InChI is InChI=1S/C50B30O/c51-19-12(30(62)31(63)15-13(19)32(64)44(76)46(78)34(15)66)10-9-8(28(60)42(74)43(75)29(9)61)5(22(54)23(10)55)1-3-6(26(58)40(72)38(70)24(3)56)2(7-4(1)25(57)39(71)41(73)27(7)59)11-20(52)18-17-21(53)14-16(35(67)47(79)45(77)33(14)65)37(69)49(17)81-50(18)48(80)36(11)68. The number of furan rings is 1. The summed E-state index contributed by atoms with van der Waals surface area (Å²) in [7, 11) is 206. The summed E-state index contributed by atoms with van der Waals surface area (Å²) < 4.78 is 6.40. The SMILES string of the molecule is [B]c1c(-c2c3c([B])c([B])c([B])c([B])c3c(-c3c([B])c([B])c(-c4c([B])c([B])c5c([B])c([B])c([B])c([B])c5c4[B])c4c([B])c([B])c([B])c([B])c34)c3c([B])c([B])c([B])c([B])c23)c([B])c2c(oc3c([B])c4c([B])c([B])c([B])c([B])c4c([B])c32)c1[B]. The molecular formula is C50B30O. The largest absolute Gasteiger partial charge is 0.457 e. The Balaban J connectivity index is 1.42. The predicted molar refractivity (Wildman–Crippen MR) is 379 cm³/mol. The monoisotopic (exact) mass is 946 g/mol. The van der Waals surface area contributed by atoms with Crippen LogP contribution in [-0.2, 0) is 0 Å². The van der Waals surface area contributed by atoms with Gasteiger partial charge in [0.2, 0.25) is 0 Å². The van der Waals surface area contributed by atoms with Gasteiger partial charge < -0.3 is 4.42 Å². The van der Waals surface area contributed by atoms with Crippen molar-refractivity contribution in [3.05, 3.63) is 0 Å². The third-order valence-electron chi connectivity index (χ3n) is 16.0. The summed E-state index contributed by atoms with van der Waals surface area (Å²) in [4.78, 5) is 0. The molecule has 81 heavy (non-hydrogen) atoms. The molecule has 11 rings (SSSR count). The second kappa shape index (κ2) is 19.4. The van der Waals surface area contributed by atoms with E-state index in [0.29, 0.717) is 0 Å². The van der Waals surface area contributed by atoms with Crippen molar-refractivity contribution in [2.75, 3.05) is 0 Å². The van der Waals surface area contributed by atoms with E-state index in [2.05, 4.69) is 0 Å². The summed E-state index contributed by atoms with van der Waals surface area (Å²) in [5.74, 6) is 0. The smallest absolute Gasteiger partial charge is 0.128 e. The molecule has 0 unspecified atom stereocenters. The minimum Gasteiger partial charge on any atom is -0.457 e. The van der Waals surface area contributed by atoms with E-state index in [4.69, 9.17) is 240 Å². The van der Waals surface area contributed by atoms with Crippen molar-refractivity contribution >= 4 is 475 Å². The van der Waals surface area contributed by atoms with Crippen LogP contribution in [0, 0.1) is 0 Å². The van der Waals surface area contributed by atoms with Crippen LogP contribution in [0.5, 0.6) is 0 Å². The van der Waals surface area contributed by atoms with E-state index >= 15 is 0 Å². The lowest BCUT2D eigenvalue weighted by atomic mass is 9.55. The first-order chi connectivity index (χ1) is 37.8. The van der Waals surface area contributed by atoms with Crippen LogP contribution in [0.2, 0.25) is 0 Å². The van der Waals surface area contributed by atoms with Crippen LogP contribution in [-0.4, -0.2) is 235 Å². The third kappa shape index (κ3) is 7.30. The van der Waals surface area contributed by atoms with Crippen LogP contribution in [0.4, 0.5) is 0 Å². The highest BCUT2D eigenvalue weighted by molar-refractivity contribution is 6.78. The van der Waals surface area contributed by atoms with Crippen LogP contribution in [0.25, 0.3) is 109 Å². The molecule has 0 atom stereocenters. The molecular weight excluding hydrogens is 941 g/mol. The van der Waals surface area contributed by atoms with Crippen molar-refractivity contribution in [2.45, 2.75) is 0 Å². The van der Waals surface area contributed by atoms with Crippen molar-refractivity contribution in [3.8, 4) is 33.4 Å². The highest BCUT2D eigenvalue weighted by atomic mass is 16.3.